The number of nitrogens with one attached hydrogen (secondary N) is 1. The van der Waals surface area contributed by atoms with Crippen LogP contribution in [-0.4, -0.2) is 19.8 Å². The second-order valence-electron chi connectivity index (χ2n) is 5.93. The van der Waals surface area contributed by atoms with Crippen molar-refractivity contribution in [3.05, 3.63) is 65.1 Å². The van der Waals surface area contributed by atoms with Crippen molar-refractivity contribution in [3.8, 4) is 11.4 Å². The Bertz CT molecular complexity index is 1130. The first-order valence-corrected chi connectivity index (χ1v) is 9.25. The van der Waals surface area contributed by atoms with Gasteiger partial charge in [-0.15, -0.1) is 0 Å². The van der Waals surface area contributed by atoms with E-state index in [0.717, 1.165) is 22.6 Å². The topological polar surface area (TPSA) is 90.0 Å². The van der Waals surface area contributed by atoms with Crippen molar-refractivity contribution >= 4 is 33.7 Å². The monoisotopic (exact) mass is 380 g/mol. The van der Waals surface area contributed by atoms with Gasteiger partial charge in [0.2, 0.25) is 11.0 Å². The zero-order chi connectivity index (χ0) is 18.6. The van der Waals surface area contributed by atoms with E-state index in [9.17, 15) is 9.59 Å². The SMILES string of the molecule is O=C(CCCn1c(=O)oc2ccccc21)Nc1nc(-c2ccccc2)ns1. The van der Waals surface area contributed by atoms with Crippen molar-refractivity contribution in [3.63, 3.8) is 0 Å². The molecule has 0 bridgehead atoms. The Kier molecular flexibility index (Phi) is 4.80. The molecule has 0 atom stereocenters. The molecule has 27 heavy (non-hydrogen) atoms. The van der Waals surface area contributed by atoms with Crippen molar-refractivity contribution in [1.82, 2.24) is 13.9 Å². The minimum atomic E-state index is -0.409. The highest BCUT2D eigenvalue weighted by molar-refractivity contribution is 7.10. The highest BCUT2D eigenvalue weighted by Crippen LogP contribution is 2.21. The molecule has 1 N–H and O–H groups in total. The molecule has 8 heteroatoms. The van der Waals surface area contributed by atoms with Gasteiger partial charge in [-0.25, -0.2) is 4.79 Å². The number of rotatable bonds is 6. The standard InChI is InChI=1S/C19H16N4O3S/c24-16(20-18-21-17(22-27-18)13-7-2-1-3-8-13)11-6-12-23-14-9-4-5-10-15(14)26-19(23)25/h1-5,7-10H,6,11-12H2,(H,20,21,22,24). The summed E-state index contributed by atoms with van der Waals surface area (Å²) in [6.45, 7) is 0.411. The lowest BCUT2D eigenvalue weighted by molar-refractivity contribution is -0.116. The lowest BCUT2D eigenvalue weighted by Crippen LogP contribution is -2.17. The molecule has 2 aromatic heterocycles. The summed E-state index contributed by atoms with van der Waals surface area (Å²) in [6.07, 6.45) is 0.784. The molecule has 4 aromatic rings. The zero-order valence-corrected chi connectivity index (χ0v) is 15.1. The fourth-order valence-corrected chi connectivity index (χ4v) is 3.39. The first-order valence-electron chi connectivity index (χ1n) is 8.48. The summed E-state index contributed by atoms with van der Waals surface area (Å²) in [5.74, 6) is 0.0205. The van der Waals surface area contributed by atoms with E-state index < -0.39 is 5.76 Å². The number of nitrogens with zero attached hydrogens (tertiary/aromatic N) is 3. The maximum absolute atomic E-state index is 12.2. The van der Waals surface area contributed by atoms with E-state index in [1.165, 1.54) is 0 Å². The largest absolute Gasteiger partial charge is 0.419 e. The van der Waals surface area contributed by atoms with Crippen LogP contribution in [0.1, 0.15) is 12.8 Å². The predicted octanol–water partition coefficient (Wildman–Crippen LogP) is 3.53. The maximum Gasteiger partial charge on any atom is 0.419 e. The number of carbonyl (C=O) groups excluding carboxylic acids is 1. The number of aromatic nitrogens is 3. The Balaban J connectivity index is 1.34. The Morgan fingerprint density at radius 3 is 2.74 bits per heavy atom. The first-order chi connectivity index (χ1) is 13.2. The molecule has 7 nitrogen and oxygen atoms in total. The number of amides is 1. The summed E-state index contributed by atoms with van der Waals surface area (Å²) in [5.41, 5.74) is 2.19. The number of oxazole rings is 1. The number of hydrogen-bond donors (Lipinski definition) is 1. The first kappa shape index (κ1) is 17.2. The van der Waals surface area contributed by atoms with Crippen LogP contribution in [0.2, 0.25) is 0 Å². The molecule has 0 saturated carbocycles. The second kappa shape index (κ2) is 7.55. The Morgan fingerprint density at radius 2 is 1.89 bits per heavy atom. The molecule has 0 aliphatic heterocycles. The quantitative estimate of drug-likeness (QED) is 0.553. The number of hydrogen-bond acceptors (Lipinski definition) is 6. The number of anilines is 1. The van der Waals surface area contributed by atoms with Crippen LogP contribution in [0.15, 0.2) is 63.8 Å². The van der Waals surface area contributed by atoms with Gasteiger partial charge < -0.3 is 9.73 Å². The third-order valence-corrected chi connectivity index (χ3v) is 4.69. The fourth-order valence-electron chi connectivity index (χ4n) is 2.78. The molecular weight excluding hydrogens is 364 g/mol. The van der Waals surface area contributed by atoms with Crippen molar-refractivity contribution in [2.75, 3.05) is 5.32 Å². The van der Waals surface area contributed by atoms with Gasteiger partial charge in [0.05, 0.1) is 5.52 Å². The Morgan fingerprint density at radius 1 is 1.11 bits per heavy atom. The summed E-state index contributed by atoms with van der Waals surface area (Å²) in [6, 6.07) is 16.8. The second-order valence-corrected chi connectivity index (χ2v) is 6.68. The minimum absolute atomic E-state index is 0.161. The van der Waals surface area contributed by atoms with E-state index in [-0.39, 0.29) is 12.3 Å². The molecule has 0 aliphatic carbocycles. The Labute approximate surface area is 158 Å². The molecular formula is C19H16N4O3S. The molecule has 2 aromatic carbocycles. The van der Waals surface area contributed by atoms with Gasteiger partial charge in [-0.3, -0.25) is 9.36 Å². The molecule has 0 unspecified atom stereocenters. The van der Waals surface area contributed by atoms with E-state index in [4.69, 9.17) is 4.42 Å². The van der Waals surface area contributed by atoms with Crippen molar-refractivity contribution < 1.29 is 9.21 Å². The van der Waals surface area contributed by atoms with Crippen LogP contribution in [0.3, 0.4) is 0 Å². The van der Waals surface area contributed by atoms with Gasteiger partial charge in [0.15, 0.2) is 11.4 Å². The van der Waals surface area contributed by atoms with Gasteiger partial charge in [0.25, 0.3) is 0 Å². The van der Waals surface area contributed by atoms with Crippen LogP contribution in [0.5, 0.6) is 0 Å². The van der Waals surface area contributed by atoms with Gasteiger partial charge in [0, 0.05) is 30.1 Å². The summed E-state index contributed by atoms with van der Waals surface area (Å²) in [7, 11) is 0. The van der Waals surface area contributed by atoms with Crippen LogP contribution in [0.4, 0.5) is 5.13 Å². The molecule has 136 valence electrons. The zero-order valence-electron chi connectivity index (χ0n) is 14.3. The fraction of sp³-hybridized carbons (Fsp3) is 0.158. The third-order valence-electron chi connectivity index (χ3n) is 4.06. The van der Waals surface area contributed by atoms with Crippen LogP contribution in [0.25, 0.3) is 22.5 Å². The van der Waals surface area contributed by atoms with Crippen LogP contribution >= 0.6 is 11.5 Å². The van der Waals surface area contributed by atoms with E-state index >= 15 is 0 Å². The van der Waals surface area contributed by atoms with Gasteiger partial charge in [0.1, 0.15) is 0 Å². The van der Waals surface area contributed by atoms with Gasteiger partial charge >= 0.3 is 5.76 Å². The molecule has 1 amide bonds. The van der Waals surface area contributed by atoms with Crippen LogP contribution < -0.4 is 11.1 Å². The summed E-state index contributed by atoms with van der Waals surface area (Å²) in [5, 5.41) is 3.22. The molecule has 0 radical (unpaired) electrons. The van der Waals surface area contributed by atoms with E-state index in [1.807, 2.05) is 48.5 Å². The molecule has 0 aliphatic rings. The summed E-state index contributed by atoms with van der Waals surface area (Å²) < 4.78 is 11.0. The summed E-state index contributed by atoms with van der Waals surface area (Å²) in [4.78, 5) is 28.4. The van der Waals surface area contributed by atoms with Crippen LogP contribution in [0, 0.1) is 0 Å². The van der Waals surface area contributed by atoms with Gasteiger partial charge in [-0.2, -0.15) is 9.36 Å². The van der Waals surface area contributed by atoms with E-state index in [0.29, 0.717) is 29.5 Å². The predicted molar refractivity (Wildman–Crippen MR) is 104 cm³/mol. The van der Waals surface area contributed by atoms with Crippen molar-refractivity contribution in [2.45, 2.75) is 19.4 Å². The smallest absolute Gasteiger partial charge is 0.408 e. The number of aryl methyl sites for hydroxylation is 1. The van der Waals surface area contributed by atoms with E-state index in [1.54, 1.807) is 10.6 Å². The average Bonchev–Trinajstić information content (AvgIpc) is 3.27. The maximum atomic E-state index is 12.2. The van der Waals surface area contributed by atoms with E-state index in [2.05, 4.69) is 14.7 Å². The normalized spacial score (nSPS) is 11.0. The molecule has 4 rings (SSSR count). The lowest BCUT2D eigenvalue weighted by Gasteiger charge is -2.03. The van der Waals surface area contributed by atoms with Gasteiger partial charge in [-0.1, -0.05) is 42.5 Å². The van der Waals surface area contributed by atoms with Crippen molar-refractivity contribution in [1.29, 1.82) is 0 Å². The number of benzene rings is 2. The molecule has 0 spiro atoms. The average molecular weight is 380 g/mol. The van der Waals surface area contributed by atoms with Gasteiger partial charge in [-0.05, 0) is 18.6 Å². The lowest BCUT2D eigenvalue weighted by atomic mass is 10.2. The highest BCUT2D eigenvalue weighted by Gasteiger charge is 2.11. The molecule has 0 fully saturated rings. The Hall–Kier alpha value is -3.26. The highest BCUT2D eigenvalue weighted by atomic mass is 32.1. The molecule has 2 heterocycles. The number of carbonyl (C=O) groups is 1. The number of fused-ring (bicyclic) bond motifs is 1. The number of para-hydroxylation sites is 2. The third kappa shape index (κ3) is 3.80. The minimum Gasteiger partial charge on any atom is -0.408 e. The van der Waals surface area contributed by atoms with Crippen molar-refractivity contribution in [2.24, 2.45) is 0 Å². The summed E-state index contributed by atoms with van der Waals surface area (Å²) >= 11 is 1.14. The van der Waals surface area contributed by atoms with Crippen LogP contribution in [-0.2, 0) is 11.3 Å². The molecule has 0 saturated heterocycles.